The van der Waals surface area contributed by atoms with Crippen LogP contribution in [0, 0.1) is 0 Å². The van der Waals surface area contributed by atoms with E-state index in [4.69, 9.17) is 14.0 Å². The molecule has 0 aromatic rings. The van der Waals surface area contributed by atoms with Gasteiger partial charge in [0, 0.05) is 0 Å². The van der Waals surface area contributed by atoms with Crippen molar-refractivity contribution in [2.45, 2.75) is 39.5 Å². The number of hydrogen-bond acceptors (Lipinski definition) is 4. The predicted molar refractivity (Wildman–Crippen MR) is 46.2 cm³/mol. The molecule has 0 saturated heterocycles. The van der Waals surface area contributed by atoms with E-state index in [1.54, 1.807) is 6.92 Å². The maximum absolute atomic E-state index is 9.17. The van der Waals surface area contributed by atoms with Crippen LogP contribution in [-0.4, -0.2) is 20.6 Å². The van der Waals surface area contributed by atoms with Crippen LogP contribution in [0.25, 0.3) is 0 Å². The van der Waals surface area contributed by atoms with Crippen LogP contribution in [0.2, 0.25) is 0 Å². The Hall–Kier alpha value is 0.554. The SMILES string of the molecule is CCCCCC[O][Ti]([OH])([OH])[O]CC. The Kier molecular flexibility index (Phi) is 8.25. The van der Waals surface area contributed by atoms with Crippen molar-refractivity contribution < 1.29 is 32.2 Å². The summed E-state index contributed by atoms with van der Waals surface area (Å²) in [4.78, 5) is 0. The Morgan fingerprint density at radius 3 is 2.23 bits per heavy atom. The molecule has 2 N–H and O–H groups in total. The summed E-state index contributed by atoms with van der Waals surface area (Å²) in [6.07, 6.45) is 4.26. The summed E-state index contributed by atoms with van der Waals surface area (Å²) in [6.45, 7) is 4.53. The predicted octanol–water partition coefficient (Wildman–Crippen LogP) is 1.42. The van der Waals surface area contributed by atoms with Crippen molar-refractivity contribution >= 4 is 0 Å². The zero-order chi connectivity index (χ0) is 10.2. The molecule has 0 fully saturated rings. The molecule has 13 heavy (non-hydrogen) atoms. The Morgan fingerprint density at radius 1 is 1.00 bits per heavy atom. The summed E-state index contributed by atoms with van der Waals surface area (Å²) in [5, 5.41) is 0. The van der Waals surface area contributed by atoms with E-state index < -0.39 is 18.1 Å². The van der Waals surface area contributed by atoms with Gasteiger partial charge >= 0.3 is 84.9 Å². The van der Waals surface area contributed by atoms with Gasteiger partial charge in [0.2, 0.25) is 0 Å². The van der Waals surface area contributed by atoms with Gasteiger partial charge in [0.25, 0.3) is 0 Å². The summed E-state index contributed by atoms with van der Waals surface area (Å²) in [5.41, 5.74) is 0. The minimum atomic E-state index is -4.24. The van der Waals surface area contributed by atoms with Gasteiger partial charge in [-0.1, -0.05) is 0 Å². The summed E-state index contributed by atoms with van der Waals surface area (Å²) < 4.78 is 27.9. The van der Waals surface area contributed by atoms with E-state index in [1.807, 2.05) is 0 Å². The van der Waals surface area contributed by atoms with Gasteiger partial charge in [-0.15, -0.1) is 0 Å². The second kappa shape index (κ2) is 7.91. The van der Waals surface area contributed by atoms with Crippen molar-refractivity contribution in [3.8, 4) is 0 Å². The molecule has 0 amide bonds. The van der Waals surface area contributed by atoms with E-state index in [9.17, 15) is 0 Å². The van der Waals surface area contributed by atoms with Crippen LogP contribution in [-0.2, 0) is 24.8 Å². The van der Waals surface area contributed by atoms with Crippen LogP contribution >= 0.6 is 0 Å². The third-order valence-corrected chi connectivity index (χ3v) is 3.56. The van der Waals surface area contributed by atoms with Gasteiger partial charge < -0.3 is 0 Å². The van der Waals surface area contributed by atoms with Crippen molar-refractivity contribution in [2.75, 3.05) is 13.2 Å². The van der Waals surface area contributed by atoms with Crippen LogP contribution in [0.15, 0.2) is 0 Å². The van der Waals surface area contributed by atoms with Crippen LogP contribution in [0.5, 0.6) is 0 Å². The van der Waals surface area contributed by atoms with Crippen molar-refractivity contribution in [3.63, 3.8) is 0 Å². The first-order valence-corrected chi connectivity index (χ1v) is 7.52. The standard InChI is InChI=1S/C6H13O.C2H5O.2H2O.Ti/c1-2-3-4-5-6-7;1-2-3;;;/h2-6H2,1H3;2H2,1H3;2*1H2;/q2*-1;;;+4/p-2. The number of hydrogen-bond donors (Lipinski definition) is 2. The molecule has 0 aliphatic carbocycles. The molecule has 0 aromatic carbocycles. The summed E-state index contributed by atoms with van der Waals surface area (Å²) in [7, 11) is 0. The Morgan fingerprint density at radius 2 is 1.69 bits per heavy atom. The number of unbranched alkanes of at least 4 members (excludes halogenated alkanes) is 3. The molecule has 0 rings (SSSR count). The zero-order valence-corrected chi connectivity index (χ0v) is 10.0. The van der Waals surface area contributed by atoms with Crippen LogP contribution in [0.1, 0.15) is 39.5 Å². The van der Waals surface area contributed by atoms with E-state index in [2.05, 4.69) is 6.92 Å². The molecular formula is C8H20O4Ti. The molecule has 0 aliphatic heterocycles. The Bertz CT molecular complexity index is 119. The minimum absolute atomic E-state index is 0.294. The average Bonchev–Trinajstić information content (AvgIpc) is 2.04. The molecule has 80 valence electrons. The molecule has 4 nitrogen and oxygen atoms in total. The summed E-state index contributed by atoms with van der Waals surface area (Å²) in [5.74, 6) is 0. The molecule has 0 saturated carbocycles. The van der Waals surface area contributed by atoms with Crippen LogP contribution in [0.4, 0.5) is 0 Å². The zero-order valence-electron chi connectivity index (χ0n) is 8.45. The van der Waals surface area contributed by atoms with Gasteiger partial charge in [0.05, 0.1) is 0 Å². The average molecular weight is 228 g/mol. The van der Waals surface area contributed by atoms with Crippen molar-refractivity contribution in [1.29, 1.82) is 0 Å². The number of rotatable bonds is 8. The van der Waals surface area contributed by atoms with Gasteiger partial charge in [0.1, 0.15) is 0 Å². The van der Waals surface area contributed by atoms with Gasteiger partial charge in [0.15, 0.2) is 0 Å². The van der Waals surface area contributed by atoms with Gasteiger partial charge in [-0.2, -0.15) is 0 Å². The fourth-order valence-electron chi connectivity index (χ4n) is 0.964. The van der Waals surface area contributed by atoms with Gasteiger partial charge in [-0.3, -0.25) is 0 Å². The second-order valence-electron chi connectivity index (χ2n) is 2.89. The fourth-order valence-corrected chi connectivity index (χ4v) is 2.32. The topological polar surface area (TPSA) is 58.9 Å². The van der Waals surface area contributed by atoms with Crippen LogP contribution < -0.4 is 0 Å². The van der Waals surface area contributed by atoms with Crippen LogP contribution in [0.3, 0.4) is 0 Å². The third kappa shape index (κ3) is 8.87. The monoisotopic (exact) mass is 228 g/mol. The van der Waals surface area contributed by atoms with E-state index in [0.717, 1.165) is 25.7 Å². The fraction of sp³-hybridized carbons (Fsp3) is 1.00. The quantitative estimate of drug-likeness (QED) is 0.487. The first kappa shape index (κ1) is 13.6. The molecule has 0 atom stereocenters. The molecular weight excluding hydrogens is 208 g/mol. The third-order valence-electron chi connectivity index (χ3n) is 1.62. The normalized spacial score (nSPS) is 12.0. The first-order chi connectivity index (χ1) is 6.12. The summed E-state index contributed by atoms with van der Waals surface area (Å²) >= 11 is -4.24. The van der Waals surface area contributed by atoms with E-state index in [1.165, 1.54) is 0 Å². The molecule has 0 spiro atoms. The van der Waals surface area contributed by atoms with Crippen molar-refractivity contribution in [2.24, 2.45) is 0 Å². The van der Waals surface area contributed by atoms with Gasteiger partial charge in [-0.05, 0) is 0 Å². The molecule has 0 radical (unpaired) electrons. The molecule has 0 aromatic heterocycles. The van der Waals surface area contributed by atoms with Crippen molar-refractivity contribution in [3.05, 3.63) is 0 Å². The molecule has 5 heteroatoms. The summed E-state index contributed by atoms with van der Waals surface area (Å²) in [6, 6.07) is 0. The van der Waals surface area contributed by atoms with E-state index >= 15 is 0 Å². The molecule has 0 aliphatic rings. The first-order valence-electron chi connectivity index (χ1n) is 4.85. The Balaban J connectivity index is 3.29. The van der Waals surface area contributed by atoms with Crippen molar-refractivity contribution in [1.82, 2.24) is 0 Å². The molecule has 0 heterocycles. The van der Waals surface area contributed by atoms with E-state index in [-0.39, 0.29) is 0 Å². The Labute approximate surface area is 85.1 Å². The molecule has 0 bridgehead atoms. The maximum atomic E-state index is 9.17. The van der Waals surface area contributed by atoms with E-state index in [0.29, 0.717) is 13.2 Å². The van der Waals surface area contributed by atoms with Gasteiger partial charge in [-0.25, -0.2) is 0 Å². The second-order valence-corrected chi connectivity index (χ2v) is 5.51. The molecule has 0 unspecified atom stereocenters.